The molecule has 5 nitrogen and oxygen atoms in total. The van der Waals surface area contributed by atoms with Gasteiger partial charge in [-0.2, -0.15) is 0 Å². The van der Waals surface area contributed by atoms with E-state index in [0.29, 0.717) is 11.6 Å². The Bertz CT molecular complexity index is 492. The predicted molar refractivity (Wildman–Crippen MR) is 80.3 cm³/mol. The van der Waals surface area contributed by atoms with Crippen LogP contribution in [-0.4, -0.2) is 58.0 Å². The second-order valence-corrected chi connectivity index (χ2v) is 6.05. The Morgan fingerprint density at radius 1 is 1.10 bits per heavy atom. The molecule has 5 heteroatoms. The molecule has 3 heterocycles. The van der Waals surface area contributed by atoms with Crippen LogP contribution in [0.1, 0.15) is 42.5 Å². The minimum atomic E-state index is -0.0181. The molecule has 1 aromatic rings. The molecule has 2 saturated heterocycles. The maximum absolute atomic E-state index is 12.4. The first-order valence-corrected chi connectivity index (χ1v) is 7.91. The third-order valence-electron chi connectivity index (χ3n) is 4.63. The highest BCUT2D eigenvalue weighted by atomic mass is 16.3. The van der Waals surface area contributed by atoms with Crippen molar-refractivity contribution >= 4 is 5.91 Å². The molecule has 1 N–H and O–H groups in total. The third-order valence-corrected chi connectivity index (χ3v) is 4.63. The Kier molecular flexibility index (Phi) is 4.39. The lowest BCUT2D eigenvalue weighted by molar-refractivity contribution is 0.0589. The van der Waals surface area contributed by atoms with Gasteiger partial charge in [0, 0.05) is 25.3 Å². The number of hydrogen-bond donors (Lipinski definition) is 1. The Balaban J connectivity index is 1.56. The van der Waals surface area contributed by atoms with E-state index in [9.17, 15) is 9.90 Å². The maximum atomic E-state index is 12.4. The minimum absolute atomic E-state index is 0.0181. The highest BCUT2D eigenvalue weighted by molar-refractivity contribution is 5.94. The summed E-state index contributed by atoms with van der Waals surface area (Å²) < 4.78 is 0. The van der Waals surface area contributed by atoms with E-state index in [4.69, 9.17) is 0 Å². The molecule has 2 aliphatic rings. The lowest BCUT2D eigenvalue weighted by Crippen LogP contribution is -2.48. The van der Waals surface area contributed by atoms with Gasteiger partial charge in [0.1, 0.15) is 5.75 Å². The van der Waals surface area contributed by atoms with Crippen LogP contribution >= 0.6 is 0 Å². The quantitative estimate of drug-likeness (QED) is 0.903. The van der Waals surface area contributed by atoms with Crippen molar-refractivity contribution in [3.8, 4) is 5.75 Å². The van der Waals surface area contributed by atoms with Crippen molar-refractivity contribution < 1.29 is 9.90 Å². The molecular weight excluding hydrogens is 266 g/mol. The first kappa shape index (κ1) is 14.3. The fraction of sp³-hybridized carbons (Fsp3) is 0.625. The minimum Gasteiger partial charge on any atom is -0.506 e. The lowest BCUT2D eigenvalue weighted by atomic mass is 9.99. The maximum Gasteiger partial charge on any atom is 0.255 e. The van der Waals surface area contributed by atoms with Crippen molar-refractivity contribution in [1.29, 1.82) is 0 Å². The summed E-state index contributed by atoms with van der Waals surface area (Å²) in [6.45, 7) is 4.04. The molecule has 0 saturated carbocycles. The van der Waals surface area contributed by atoms with Gasteiger partial charge in [-0.15, -0.1) is 0 Å². The molecule has 0 unspecified atom stereocenters. The fourth-order valence-corrected chi connectivity index (χ4v) is 3.44. The molecule has 0 radical (unpaired) electrons. The summed E-state index contributed by atoms with van der Waals surface area (Å²) in [6, 6.07) is 2.13. The van der Waals surface area contributed by atoms with E-state index in [0.717, 1.165) is 25.9 Å². The molecular formula is C16H23N3O2. The van der Waals surface area contributed by atoms with Crippen LogP contribution in [0.15, 0.2) is 18.5 Å². The smallest absolute Gasteiger partial charge is 0.255 e. The Morgan fingerprint density at radius 3 is 2.48 bits per heavy atom. The normalized spacial score (nSPS) is 21.4. The predicted octanol–water partition coefficient (Wildman–Crippen LogP) is 1.88. The van der Waals surface area contributed by atoms with Gasteiger partial charge in [-0.05, 0) is 44.8 Å². The molecule has 0 aliphatic carbocycles. The van der Waals surface area contributed by atoms with Crippen molar-refractivity contribution in [2.45, 2.75) is 38.1 Å². The Morgan fingerprint density at radius 2 is 1.81 bits per heavy atom. The standard InChI is InChI=1S/C16H23N3O2/c20-15-10-13(11-17-12-15)16(21)19-8-4-14(5-9-19)18-6-2-1-3-7-18/h10-12,14,20H,1-9H2. The van der Waals surface area contributed by atoms with Gasteiger partial charge in [-0.25, -0.2) is 0 Å². The van der Waals surface area contributed by atoms with Crippen LogP contribution < -0.4 is 0 Å². The zero-order valence-electron chi connectivity index (χ0n) is 12.4. The number of aromatic hydroxyl groups is 1. The third kappa shape index (κ3) is 3.35. The second-order valence-electron chi connectivity index (χ2n) is 6.05. The molecule has 0 spiro atoms. The number of amides is 1. The van der Waals surface area contributed by atoms with Crippen LogP contribution in [-0.2, 0) is 0 Å². The molecule has 1 aromatic heterocycles. The van der Waals surface area contributed by atoms with Crippen molar-refractivity contribution in [2.24, 2.45) is 0 Å². The van der Waals surface area contributed by atoms with E-state index in [-0.39, 0.29) is 11.7 Å². The summed E-state index contributed by atoms with van der Waals surface area (Å²) in [5.74, 6) is 0.0274. The summed E-state index contributed by atoms with van der Waals surface area (Å²) in [5, 5.41) is 9.43. The van der Waals surface area contributed by atoms with Crippen LogP contribution in [0.5, 0.6) is 5.75 Å². The van der Waals surface area contributed by atoms with Gasteiger partial charge < -0.3 is 14.9 Å². The molecule has 1 amide bonds. The van der Waals surface area contributed by atoms with Crippen molar-refractivity contribution in [3.63, 3.8) is 0 Å². The molecule has 114 valence electrons. The summed E-state index contributed by atoms with van der Waals surface area (Å²) in [7, 11) is 0. The number of likely N-dealkylation sites (tertiary alicyclic amines) is 2. The first-order chi connectivity index (χ1) is 10.2. The molecule has 2 aliphatic heterocycles. The van der Waals surface area contributed by atoms with Crippen molar-refractivity contribution in [3.05, 3.63) is 24.0 Å². The monoisotopic (exact) mass is 289 g/mol. The van der Waals surface area contributed by atoms with E-state index >= 15 is 0 Å². The SMILES string of the molecule is O=C(c1cncc(O)c1)N1CCC(N2CCCCC2)CC1. The van der Waals surface area contributed by atoms with E-state index in [2.05, 4.69) is 9.88 Å². The largest absolute Gasteiger partial charge is 0.506 e. The van der Waals surface area contributed by atoms with E-state index in [1.807, 2.05) is 4.90 Å². The highest BCUT2D eigenvalue weighted by Crippen LogP contribution is 2.22. The zero-order valence-corrected chi connectivity index (χ0v) is 12.4. The van der Waals surface area contributed by atoms with Crippen molar-refractivity contribution in [1.82, 2.24) is 14.8 Å². The Hall–Kier alpha value is -1.62. The molecule has 21 heavy (non-hydrogen) atoms. The van der Waals surface area contributed by atoms with Crippen LogP contribution in [0.2, 0.25) is 0 Å². The van der Waals surface area contributed by atoms with Gasteiger partial charge in [-0.1, -0.05) is 6.42 Å². The fourth-order valence-electron chi connectivity index (χ4n) is 3.44. The zero-order chi connectivity index (χ0) is 14.7. The van der Waals surface area contributed by atoms with Crippen LogP contribution in [0, 0.1) is 0 Å². The number of carbonyl (C=O) groups excluding carboxylic acids is 1. The van der Waals surface area contributed by atoms with Crippen LogP contribution in [0.25, 0.3) is 0 Å². The van der Waals surface area contributed by atoms with Gasteiger partial charge in [0.15, 0.2) is 0 Å². The average Bonchev–Trinajstić information content (AvgIpc) is 2.55. The molecule has 2 fully saturated rings. The number of aromatic nitrogens is 1. The lowest BCUT2D eigenvalue weighted by Gasteiger charge is -2.40. The molecule has 0 atom stereocenters. The number of piperidine rings is 2. The molecule has 0 aromatic carbocycles. The summed E-state index contributed by atoms with van der Waals surface area (Å²) in [5.41, 5.74) is 0.478. The second kappa shape index (κ2) is 6.43. The molecule has 3 rings (SSSR count). The number of nitrogens with zero attached hydrogens (tertiary/aromatic N) is 3. The highest BCUT2D eigenvalue weighted by Gasteiger charge is 2.28. The van der Waals surface area contributed by atoms with Gasteiger partial charge >= 0.3 is 0 Å². The topological polar surface area (TPSA) is 56.7 Å². The number of hydrogen-bond acceptors (Lipinski definition) is 4. The Labute approximate surface area is 125 Å². The van der Waals surface area contributed by atoms with Crippen LogP contribution in [0.3, 0.4) is 0 Å². The average molecular weight is 289 g/mol. The number of rotatable bonds is 2. The summed E-state index contributed by atoms with van der Waals surface area (Å²) in [4.78, 5) is 20.8. The summed E-state index contributed by atoms with van der Waals surface area (Å²) >= 11 is 0. The van der Waals surface area contributed by atoms with Gasteiger partial charge in [0.05, 0.1) is 11.8 Å². The van der Waals surface area contributed by atoms with E-state index in [1.165, 1.54) is 50.8 Å². The van der Waals surface area contributed by atoms with E-state index < -0.39 is 0 Å². The first-order valence-electron chi connectivity index (χ1n) is 7.91. The van der Waals surface area contributed by atoms with Gasteiger partial charge in [0.2, 0.25) is 0 Å². The molecule has 0 bridgehead atoms. The van der Waals surface area contributed by atoms with E-state index in [1.54, 1.807) is 0 Å². The van der Waals surface area contributed by atoms with Crippen LogP contribution in [0.4, 0.5) is 0 Å². The summed E-state index contributed by atoms with van der Waals surface area (Å²) in [6.07, 6.45) is 8.97. The number of pyridine rings is 1. The van der Waals surface area contributed by atoms with Gasteiger partial charge in [0.25, 0.3) is 5.91 Å². The number of carbonyl (C=O) groups is 1. The van der Waals surface area contributed by atoms with Gasteiger partial charge in [-0.3, -0.25) is 9.78 Å². The van der Waals surface area contributed by atoms with Crippen molar-refractivity contribution in [2.75, 3.05) is 26.2 Å².